The number of amides is 1. The van der Waals surface area contributed by atoms with Crippen LogP contribution >= 0.6 is 0 Å². The molecule has 0 aromatic heterocycles. The number of rotatable bonds is 8. The highest BCUT2D eigenvalue weighted by Gasteiger charge is 2.25. The van der Waals surface area contributed by atoms with E-state index in [4.69, 9.17) is 0 Å². The smallest absolute Gasteiger partial charge is 0.261 e. The molecule has 1 heterocycles. The first-order valence-electron chi connectivity index (χ1n) is 12.1. The number of carbonyl (C=O) groups is 1. The molecule has 178 valence electrons. The molecule has 0 spiro atoms. The molecule has 7 heteroatoms. The third kappa shape index (κ3) is 5.58. The van der Waals surface area contributed by atoms with Crippen molar-refractivity contribution in [1.29, 1.82) is 0 Å². The van der Waals surface area contributed by atoms with Crippen molar-refractivity contribution in [3.05, 3.63) is 53.6 Å². The largest absolute Gasteiger partial charge is 0.312 e. The van der Waals surface area contributed by atoms with Crippen molar-refractivity contribution in [1.82, 2.24) is 5.32 Å². The Hall–Kier alpha value is -2.38. The molecule has 1 aliphatic heterocycles. The topological polar surface area (TPSA) is 78.5 Å². The van der Waals surface area contributed by atoms with Crippen LogP contribution in [0.2, 0.25) is 0 Å². The Labute approximate surface area is 197 Å². The van der Waals surface area contributed by atoms with Crippen LogP contribution in [-0.4, -0.2) is 27.4 Å². The van der Waals surface area contributed by atoms with Gasteiger partial charge in [0.15, 0.2) is 0 Å². The molecule has 1 unspecified atom stereocenters. The molecule has 0 bridgehead atoms. The quantitative estimate of drug-likeness (QED) is 0.587. The van der Waals surface area contributed by atoms with Crippen LogP contribution in [0.4, 0.5) is 11.4 Å². The molecule has 1 atom stereocenters. The second-order valence-electron chi connectivity index (χ2n) is 9.48. The molecule has 1 aliphatic carbocycles. The summed E-state index contributed by atoms with van der Waals surface area (Å²) in [5, 5.41) is 3.54. The van der Waals surface area contributed by atoms with Crippen LogP contribution < -0.4 is 14.9 Å². The molecule has 1 fully saturated rings. The van der Waals surface area contributed by atoms with Gasteiger partial charge in [-0.15, -0.1) is 0 Å². The summed E-state index contributed by atoms with van der Waals surface area (Å²) in [6.45, 7) is 5.99. The third-order valence-electron chi connectivity index (χ3n) is 7.13. The number of hydrogen-bond acceptors (Lipinski definition) is 4. The van der Waals surface area contributed by atoms with E-state index in [1.54, 1.807) is 23.1 Å². The lowest BCUT2D eigenvalue weighted by molar-refractivity contribution is -0.116. The standard InChI is InChI=1S/C26H35N3O3S/c1-19(21-8-4-3-5-9-21)17-27-18-23-10-6-7-11-25(23)28-33(31,32)24-12-13-26-22(16-24)14-15-29(26)20(2)30/h6-7,10-13,16,19,21,27-28H,3-5,8-9,14-15,17-18H2,1-2H3. The number of nitrogens with one attached hydrogen (secondary N) is 2. The van der Waals surface area contributed by atoms with E-state index in [1.807, 2.05) is 24.3 Å². The molecular formula is C26H35N3O3S. The van der Waals surface area contributed by atoms with Gasteiger partial charge in [0.2, 0.25) is 5.91 Å². The summed E-state index contributed by atoms with van der Waals surface area (Å²) in [5.41, 5.74) is 3.22. The first-order valence-corrected chi connectivity index (χ1v) is 13.6. The maximum Gasteiger partial charge on any atom is 0.261 e. The van der Waals surface area contributed by atoms with E-state index in [0.29, 0.717) is 31.1 Å². The van der Waals surface area contributed by atoms with E-state index in [1.165, 1.54) is 39.0 Å². The fourth-order valence-corrected chi connectivity index (χ4v) is 6.31. The molecular weight excluding hydrogens is 434 g/mol. The highest BCUT2D eigenvalue weighted by molar-refractivity contribution is 7.92. The molecule has 33 heavy (non-hydrogen) atoms. The van der Waals surface area contributed by atoms with Crippen molar-refractivity contribution in [3.8, 4) is 0 Å². The van der Waals surface area contributed by atoms with Crippen LogP contribution in [0.3, 0.4) is 0 Å². The van der Waals surface area contributed by atoms with Gasteiger partial charge in [-0.1, -0.05) is 57.2 Å². The lowest BCUT2D eigenvalue weighted by Crippen LogP contribution is -2.27. The average Bonchev–Trinajstić information content (AvgIpc) is 3.24. The molecule has 1 amide bonds. The highest BCUT2D eigenvalue weighted by atomic mass is 32.2. The van der Waals surface area contributed by atoms with Crippen LogP contribution in [0.25, 0.3) is 0 Å². The Morgan fingerprint density at radius 3 is 2.64 bits per heavy atom. The molecule has 1 saturated carbocycles. The number of fused-ring (bicyclic) bond motifs is 1. The number of sulfonamides is 1. The van der Waals surface area contributed by atoms with Gasteiger partial charge in [0.05, 0.1) is 10.6 Å². The highest BCUT2D eigenvalue weighted by Crippen LogP contribution is 2.32. The Bertz CT molecular complexity index is 1090. The second-order valence-corrected chi connectivity index (χ2v) is 11.2. The monoisotopic (exact) mass is 469 g/mol. The number of nitrogens with zero attached hydrogens (tertiary/aromatic N) is 1. The van der Waals surface area contributed by atoms with Crippen LogP contribution in [-0.2, 0) is 27.8 Å². The second kappa shape index (κ2) is 10.3. The van der Waals surface area contributed by atoms with E-state index in [9.17, 15) is 13.2 Å². The molecule has 2 aliphatic rings. The summed E-state index contributed by atoms with van der Waals surface area (Å²) < 4.78 is 29.1. The molecule has 2 N–H and O–H groups in total. The number of benzene rings is 2. The minimum atomic E-state index is -3.73. The van der Waals surface area contributed by atoms with E-state index in [-0.39, 0.29) is 10.8 Å². The van der Waals surface area contributed by atoms with Crippen molar-refractivity contribution in [2.45, 2.75) is 63.8 Å². The maximum absolute atomic E-state index is 13.1. The fraction of sp³-hybridized carbons (Fsp3) is 0.500. The van der Waals surface area contributed by atoms with Crippen LogP contribution in [0.5, 0.6) is 0 Å². The first kappa shape index (κ1) is 23.8. The minimum absolute atomic E-state index is 0.0262. The summed E-state index contributed by atoms with van der Waals surface area (Å²) >= 11 is 0. The van der Waals surface area contributed by atoms with Gasteiger partial charge in [-0.25, -0.2) is 8.42 Å². The Morgan fingerprint density at radius 2 is 1.88 bits per heavy atom. The van der Waals surface area contributed by atoms with Gasteiger partial charge in [-0.05, 0) is 60.2 Å². The zero-order valence-corrected chi connectivity index (χ0v) is 20.5. The molecule has 0 saturated heterocycles. The molecule has 2 aromatic rings. The predicted molar refractivity (Wildman–Crippen MR) is 133 cm³/mol. The van der Waals surface area contributed by atoms with Crippen LogP contribution in [0.15, 0.2) is 47.4 Å². The minimum Gasteiger partial charge on any atom is -0.312 e. The summed E-state index contributed by atoms with van der Waals surface area (Å²) in [6.07, 6.45) is 7.36. The summed E-state index contributed by atoms with van der Waals surface area (Å²) in [7, 11) is -3.73. The Kier molecular flexibility index (Phi) is 7.39. The normalized spacial score (nSPS) is 17.6. The van der Waals surface area contributed by atoms with Crippen molar-refractivity contribution in [2.75, 3.05) is 22.7 Å². The molecule has 0 radical (unpaired) electrons. The van der Waals surface area contributed by atoms with Gasteiger partial charge >= 0.3 is 0 Å². The van der Waals surface area contributed by atoms with Gasteiger partial charge in [-0.2, -0.15) is 0 Å². The Balaban J connectivity index is 1.42. The van der Waals surface area contributed by atoms with Crippen LogP contribution in [0.1, 0.15) is 57.1 Å². The lowest BCUT2D eigenvalue weighted by atomic mass is 9.81. The molecule has 4 rings (SSSR count). The van der Waals surface area contributed by atoms with Gasteiger partial charge in [0.25, 0.3) is 10.0 Å². The van der Waals surface area contributed by atoms with E-state index in [2.05, 4.69) is 17.0 Å². The zero-order valence-electron chi connectivity index (χ0n) is 19.6. The van der Waals surface area contributed by atoms with Crippen molar-refractivity contribution in [3.63, 3.8) is 0 Å². The van der Waals surface area contributed by atoms with Gasteiger partial charge in [-0.3, -0.25) is 9.52 Å². The van der Waals surface area contributed by atoms with Crippen LogP contribution in [0, 0.1) is 11.8 Å². The summed E-state index contributed by atoms with van der Waals surface area (Å²) in [5.74, 6) is 1.38. The average molecular weight is 470 g/mol. The van der Waals surface area contributed by atoms with Gasteiger partial charge in [0, 0.05) is 25.7 Å². The van der Waals surface area contributed by atoms with Crippen molar-refractivity contribution in [2.24, 2.45) is 11.8 Å². The molecule has 6 nitrogen and oxygen atoms in total. The molecule has 2 aromatic carbocycles. The lowest BCUT2D eigenvalue weighted by Gasteiger charge is -2.28. The fourth-order valence-electron chi connectivity index (χ4n) is 5.15. The Morgan fingerprint density at radius 1 is 1.12 bits per heavy atom. The number of carbonyl (C=O) groups excluding carboxylic acids is 1. The summed E-state index contributed by atoms with van der Waals surface area (Å²) in [6, 6.07) is 12.6. The number of hydrogen-bond donors (Lipinski definition) is 2. The number of anilines is 2. The van der Waals surface area contributed by atoms with Crippen molar-refractivity contribution >= 4 is 27.3 Å². The van der Waals surface area contributed by atoms with E-state index in [0.717, 1.165) is 29.3 Å². The SMILES string of the molecule is CC(=O)N1CCc2cc(S(=O)(=O)Nc3ccccc3CNCC(C)C3CCCCC3)ccc21. The maximum atomic E-state index is 13.1. The van der Waals surface area contributed by atoms with Gasteiger partial charge < -0.3 is 10.2 Å². The predicted octanol–water partition coefficient (Wildman–Crippen LogP) is 4.70. The van der Waals surface area contributed by atoms with Gasteiger partial charge in [0.1, 0.15) is 0 Å². The van der Waals surface area contributed by atoms with E-state index >= 15 is 0 Å². The number of para-hydroxylation sites is 1. The zero-order chi connectivity index (χ0) is 23.4. The van der Waals surface area contributed by atoms with Crippen molar-refractivity contribution < 1.29 is 13.2 Å². The summed E-state index contributed by atoms with van der Waals surface area (Å²) in [4.78, 5) is 13.7. The van der Waals surface area contributed by atoms with E-state index < -0.39 is 10.0 Å². The third-order valence-corrected chi connectivity index (χ3v) is 8.50. The first-order chi connectivity index (χ1) is 15.8.